The van der Waals surface area contributed by atoms with Crippen LogP contribution in [0.25, 0.3) is 0 Å². The molecule has 0 atom stereocenters. The second-order valence-corrected chi connectivity index (χ2v) is 7.14. The van der Waals surface area contributed by atoms with Gasteiger partial charge in [-0.25, -0.2) is 0 Å². The van der Waals surface area contributed by atoms with Crippen molar-refractivity contribution in [3.8, 4) is 0 Å². The van der Waals surface area contributed by atoms with Gasteiger partial charge in [-0.2, -0.15) is 0 Å². The molecule has 21 heavy (non-hydrogen) atoms. The molecule has 0 aromatic rings. The van der Waals surface area contributed by atoms with E-state index in [2.05, 4.69) is 24.2 Å². The monoisotopic (exact) mass is 296 g/mol. The van der Waals surface area contributed by atoms with Gasteiger partial charge in [0.2, 0.25) is 0 Å². The molecule has 0 amide bonds. The number of hydrogen-bond donors (Lipinski definition) is 1. The topological polar surface area (TPSA) is 15.3 Å². The Morgan fingerprint density at radius 3 is 1.90 bits per heavy atom. The fourth-order valence-electron chi connectivity index (χ4n) is 3.47. The van der Waals surface area contributed by atoms with Gasteiger partial charge in [0, 0.05) is 6.54 Å². The van der Waals surface area contributed by atoms with E-state index < -0.39 is 0 Å². The molecule has 0 saturated carbocycles. The second kappa shape index (κ2) is 13.6. The lowest BCUT2D eigenvalue weighted by Gasteiger charge is -2.27. The minimum Gasteiger partial charge on any atom is -0.317 e. The molecule has 0 aliphatic carbocycles. The first-order valence-corrected chi connectivity index (χ1v) is 9.72. The van der Waals surface area contributed by atoms with E-state index in [1.165, 1.54) is 103 Å². The molecule has 0 bridgehead atoms. The highest BCUT2D eigenvalue weighted by molar-refractivity contribution is 4.71. The molecule has 1 aliphatic heterocycles. The van der Waals surface area contributed by atoms with Crippen LogP contribution in [0.4, 0.5) is 0 Å². The Balaban J connectivity index is 1.80. The van der Waals surface area contributed by atoms with Crippen LogP contribution in [-0.2, 0) is 0 Å². The summed E-state index contributed by atoms with van der Waals surface area (Å²) in [5.74, 6) is 0.944. The minimum atomic E-state index is 0.944. The average Bonchev–Trinajstić information content (AvgIpc) is 2.50. The van der Waals surface area contributed by atoms with Gasteiger partial charge in [0.1, 0.15) is 0 Å². The molecule has 0 radical (unpaired) electrons. The summed E-state index contributed by atoms with van der Waals surface area (Å²) in [5.41, 5.74) is 0. The van der Waals surface area contributed by atoms with E-state index >= 15 is 0 Å². The number of nitrogens with zero attached hydrogens (tertiary/aromatic N) is 1. The van der Waals surface area contributed by atoms with Crippen molar-refractivity contribution >= 4 is 0 Å². The predicted molar refractivity (Wildman–Crippen MR) is 94.9 cm³/mol. The van der Waals surface area contributed by atoms with Crippen molar-refractivity contribution < 1.29 is 0 Å². The van der Waals surface area contributed by atoms with E-state index in [0.29, 0.717) is 0 Å². The summed E-state index contributed by atoms with van der Waals surface area (Å²) < 4.78 is 0. The van der Waals surface area contributed by atoms with Gasteiger partial charge in [0.25, 0.3) is 0 Å². The van der Waals surface area contributed by atoms with E-state index in [1.807, 2.05) is 0 Å². The van der Waals surface area contributed by atoms with E-state index in [0.717, 1.165) is 5.92 Å². The van der Waals surface area contributed by atoms with Gasteiger partial charge in [0.15, 0.2) is 0 Å². The summed E-state index contributed by atoms with van der Waals surface area (Å²) in [6.45, 7) is 7.38. The smallest absolute Gasteiger partial charge is 0.000755 e. The van der Waals surface area contributed by atoms with E-state index in [1.54, 1.807) is 0 Å². The Morgan fingerprint density at radius 1 is 0.810 bits per heavy atom. The van der Waals surface area contributed by atoms with Crippen molar-refractivity contribution in [2.45, 2.75) is 84.0 Å². The first kappa shape index (κ1) is 19.0. The van der Waals surface area contributed by atoms with Gasteiger partial charge in [-0.15, -0.1) is 0 Å². The Labute approximate surface area is 134 Å². The summed E-state index contributed by atoms with van der Waals surface area (Å²) in [7, 11) is 2.32. The molecule has 2 heteroatoms. The zero-order valence-corrected chi connectivity index (χ0v) is 14.8. The molecule has 1 N–H and O–H groups in total. The molecule has 0 aromatic heterocycles. The van der Waals surface area contributed by atoms with E-state index in [-0.39, 0.29) is 0 Å². The third-order valence-electron chi connectivity index (χ3n) is 4.92. The lowest BCUT2D eigenvalue weighted by molar-refractivity contribution is 0.236. The van der Waals surface area contributed by atoms with Crippen LogP contribution in [0, 0.1) is 5.92 Å². The van der Waals surface area contributed by atoms with E-state index in [4.69, 9.17) is 0 Å². The van der Waals surface area contributed by atoms with Gasteiger partial charge in [0.05, 0.1) is 0 Å². The highest BCUT2D eigenvalue weighted by atomic mass is 15.1. The number of piperidine rings is 1. The molecule has 1 saturated heterocycles. The highest BCUT2D eigenvalue weighted by Gasteiger charge is 2.14. The molecule has 0 spiro atoms. The van der Waals surface area contributed by atoms with Gasteiger partial charge in [-0.3, -0.25) is 0 Å². The summed E-state index contributed by atoms with van der Waals surface area (Å²) in [5, 5.41) is 3.46. The van der Waals surface area contributed by atoms with Crippen molar-refractivity contribution in [1.29, 1.82) is 0 Å². The normalized spacial score (nSPS) is 16.7. The molecule has 0 aromatic carbocycles. The van der Waals surface area contributed by atoms with Crippen molar-refractivity contribution in [2.24, 2.45) is 5.92 Å². The second-order valence-electron chi connectivity index (χ2n) is 7.14. The predicted octanol–water partition coefficient (Wildman–Crippen LogP) is 4.84. The fraction of sp³-hybridized carbons (Fsp3) is 1.00. The Morgan fingerprint density at radius 2 is 1.33 bits per heavy atom. The van der Waals surface area contributed by atoms with Crippen LogP contribution in [0.5, 0.6) is 0 Å². The Kier molecular flexibility index (Phi) is 12.3. The SMILES string of the molecule is CCCCCCCCCCCCN(C)CC1CCNCC1. The maximum Gasteiger partial charge on any atom is 0.000755 e. The lowest BCUT2D eigenvalue weighted by Crippen LogP contribution is -2.34. The molecule has 0 unspecified atom stereocenters. The summed E-state index contributed by atoms with van der Waals surface area (Å²) in [6, 6.07) is 0. The van der Waals surface area contributed by atoms with Crippen molar-refractivity contribution in [1.82, 2.24) is 10.2 Å². The van der Waals surface area contributed by atoms with Crippen LogP contribution < -0.4 is 5.32 Å². The molecular formula is C19H40N2. The Hall–Kier alpha value is -0.0800. The first-order valence-electron chi connectivity index (χ1n) is 9.72. The minimum absolute atomic E-state index is 0.944. The molecule has 2 nitrogen and oxygen atoms in total. The van der Waals surface area contributed by atoms with Crippen LogP contribution in [-0.4, -0.2) is 38.1 Å². The quantitative estimate of drug-likeness (QED) is 0.489. The van der Waals surface area contributed by atoms with E-state index in [9.17, 15) is 0 Å². The Bertz CT molecular complexity index is 212. The fourth-order valence-corrected chi connectivity index (χ4v) is 3.47. The molecule has 1 heterocycles. The van der Waals surface area contributed by atoms with Crippen molar-refractivity contribution in [2.75, 3.05) is 33.2 Å². The van der Waals surface area contributed by atoms with Gasteiger partial charge < -0.3 is 10.2 Å². The standard InChI is InChI=1S/C19H40N2/c1-3-4-5-6-7-8-9-10-11-12-17-21(2)18-19-13-15-20-16-14-19/h19-20H,3-18H2,1-2H3. The largest absolute Gasteiger partial charge is 0.317 e. The van der Waals surface area contributed by atoms with Crippen molar-refractivity contribution in [3.05, 3.63) is 0 Å². The molecule has 1 rings (SSSR count). The number of hydrogen-bond acceptors (Lipinski definition) is 2. The number of rotatable bonds is 13. The maximum absolute atomic E-state index is 3.46. The third-order valence-corrected chi connectivity index (χ3v) is 4.92. The number of unbranched alkanes of at least 4 members (excludes halogenated alkanes) is 9. The van der Waals surface area contributed by atoms with Crippen LogP contribution in [0.3, 0.4) is 0 Å². The van der Waals surface area contributed by atoms with Crippen LogP contribution in [0.2, 0.25) is 0 Å². The van der Waals surface area contributed by atoms with Gasteiger partial charge in [-0.05, 0) is 51.9 Å². The number of nitrogens with one attached hydrogen (secondary N) is 1. The molecule has 126 valence electrons. The van der Waals surface area contributed by atoms with Gasteiger partial charge >= 0.3 is 0 Å². The lowest BCUT2D eigenvalue weighted by atomic mass is 9.97. The van der Waals surface area contributed by atoms with Crippen LogP contribution in [0.15, 0.2) is 0 Å². The van der Waals surface area contributed by atoms with Crippen molar-refractivity contribution in [3.63, 3.8) is 0 Å². The first-order chi connectivity index (χ1) is 10.3. The average molecular weight is 297 g/mol. The summed E-state index contributed by atoms with van der Waals surface area (Å²) in [6.07, 6.45) is 17.2. The third kappa shape index (κ3) is 11.2. The zero-order valence-electron chi connectivity index (χ0n) is 14.8. The molecular weight excluding hydrogens is 256 g/mol. The maximum atomic E-state index is 3.46. The highest BCUT2D eigenvalue weighted by Crippen LogP contribution is 2.14. The zero-order chi connectivity index (χ0) is 15.2. The van der Waals surface area contributed by atoms with Crippen LogP contribution in [0.1, 0.15) is 84.0 Å². The van der Waals surface area contributed by atoms with Gasteiger partial charge in [-0.1, -0.05) is 64.7 Å². The van der Waals surface area contributed by atoms with Crippen LogP contribution >= 0.6 is 0 Å². The summed E-state index contributed by atoms with van der Waals surface area (Å²) in [4.78, 5) is 2.57. The molecule has 1 aliphatic rings. The molecule has 1 fully saturated rings. The summed E-state index contributed by atoms with van der Waals surface area (Å²) >= 11 is 0.